The number of esters is 1. The van der Waals surface area contributed by atoms with Gasteiger partial charge in [-0.1, -0.05) is 113 Å². The molecule has 0 heterocycles. The highest BCUT2D eigenvalue weighted by Crippen LogP contribution is 2.41. The van der Waals surface area contributed by atoms with E-state index in [4.69, 9.17) is 13.6 Å². The van der Waals surface area contributed by atoms with Gasteiger partial charge in [0.2, 0.25) is 0 Å². The molecule has 37 heavy (non-hydrogen) atoms. The molecule has 0 N–H and O–H groups in total. The first-order valence-electron chi connectivity index (χ1n) is 15.5. The topological polar surface area (TPSA) is 44.8 Å². The van der Waals surface area contributed by atoms with E-state index in [-0.39, 0.29) is 28.3 Å². The molecule has 0 aliphatic heterocycles. The molecule has 0 unspecified atom stereocenters. The number of hydrogen-bond acceptors (Lipinski definition) is 4. The molecule has 0 radical (unpaired) electrons. The number of carbonyl (C=O) groups is 1. The summed E-state index contributed by atoms with van der Waals surface area (Å²) in [4.78, 5) is 12.3. The minimum Gasteiger partial charge on any atom is -0.466 e. The summed E-state index contributed by atoms with van der Waals surface area (Å²) in [5.74, 6) is -0.128. The third-order valence-corrected chi connectivity index (χ3v) is 17.7. The van der Waals surface area contributed by atoms with Gasteiger partial charge in [-0.25, -0.2) is 0 Å². The van der Waals surface area contributed by atoms with Crippen LogP contribution < -0.4 is 0 Å². The van der Waals surface area contributed by atoms with Gasteiger partial charge in [0.05, 0.1) is 18.8 Å². The second kappa shape index (κ2) is 17.5. The van der Waals surface area contributed by atoms with Crippen molar-refractivity contribution in [3.63, 3.8) is 0 Å². The maximum atomic E-state index is 12.3. The molecule has 0 aliphatic rings. The summed E-state index contributed by atoms with van der Waals surface area (Å²) < 4.78 is 19.4. The van der Waals surface area contributed by atoms with Crippen LogP contribution in [0.4, 0.5) is 0 Å². The highest BCUT2D eigenvalue weighted by Gasteiger charge is 2.44. The van der Waals surface area contributed by atoms with E-state index in [0.717, 1.165) is 12.8 Å². The molecular formula is C31H66O4Si2. The summed E-state index contributed by atoms with van der Waals surface area (Å²) in [6.07, 6.45) is 15.3. The van der Waals surface area contributed by atoms with Gasteiger partial charge in [-0.2, -0.15) is 0 Å². The molecule has 0 saturated carbocycles. The summed E-state index contributed by atoms with van der Waals surface area (Å²) in [5, 5.41) is 0.236. The van der Waals surface area contributed by atoms with Gasteiger partial charge in [0.15, 0.2) is 16.6 Å². The highest BCUT2D eigenvalue weighted by atomic mass is 28.4. The average molecular weight is 559 g/mol. The SMILES string of the molecule is CCCCCCCCCCCC[C@@H](O[Si](C)(C)C(C)(C)C)[C@@H](CCC(=O)OCC)O[Si](C)(C)C(C)(C)C. The fourth-order valence-corrected chi connectivity index (χ4v) is 6.84. The Kier molecular flexibility index (Phi) is 17.4. The molecule has 2 atom stereocenters. The molecule has 0 saturated heterocycles. The van der Waals surface area contributed by atoms with Gasteiger partial charge in [-0.3, -0.25) is 4.79 Å². The normalized spacial score (nSPS) is 15.0. The Labute approximate surface area is 234 Å². The van der Waals surface area contributed by atoms with Crippen LogP contribution in [0, 0.1) is 0 Å². The third-order valence-electron chi connectivity index (χ3n) is 8.70. The lowest BCUT2D eigenvalue weighted by atomic mass is 10.0. The summed E-state index contributed by atoms with van der Waals surface area (Å²) in [7, 11) is -4.04. The maximum absolute atomic E-state index is 12.3. The highest BCUT2D eigenvalue weighted by molar-refractivity contribution is 6.74. The summed E-state index contributed by atoms with van der Waals surface area (Å²) in [6.45, 7) is 27.7. The van der Waals surface area contributed by atoms with Crippen molar-refractivity contribution in [1.82, 2.24) is 0 Å². The van der Waals surface area contributed by atoms with Gasteiger partial charge >= 0.3 is 5.97 Å². The Bertz CT molecular complexity index is 605. The number of ether oxygens (including phenoxy) is 1. The number of unbranched alkanes of at least 4 members (excludes halogenated alkanes) is 9. The van der Waals surface area contributed by atoms with Crippen molar-refractivity contribution in [3.05, 3.63) is 0 Å². The standard InChI is InChI=1S/C31H66O4Si2/c1-13-15-16-17-18-19-20-21-22-23-24-27(34-36(9,10)30(3,4)5)28(25-26-29(32)33-14-2)35-37(11,12)31(6,7)8/h27-28H,13-26H2,1-12H3/t27-,28-/m1/s1. The first kappa shape index (κ1) is 36.8. The van der Waals surface area contributed by atoms with Crippen molar-refractivity contribution in [3.8, 4) is 0 Å². The van der Waals surface area contributed by atoms with Crippen LogP contribution in [-0.4, -0.2) is 41.4 Å². The minimum atomic E-state index is -2.04. The first-order chi connectivity index (χ1) is 17.0. The Balaban J connectivity index is 5.43. The molecule has 0 aromatic heterocycles. The Morgan fingerprint density at radius 2 is 1.00 bits per heavy atom. The lowest BCUT2D eigenvalue weighted by Gasteiger charge is -2.45. The fourth-order valence-electron chi connectivity index (χ4n) is 4.08. The van der Waals surface area contributed by atoms with E-state index in [9.17, 15) is 4.79 Å². The average Bonchev–Trinajstić information content (AvgIpc) is 2.75. The van der Waals surface area contributed by atoms with Gasteiger partial charge in [0.1, 0.15) is 0 Å². The molecule has 0 spiro atoms. The van der Waals surface area contributed by atoms with Gasteiger partial charge in [-0.05, 0) is 56.0 Å². The molecule has 0 aromatic carbocycles. The molecule has 0 bridgehead atoms. The maximum Gasteiger partial charge on any atom is 0.305 e. The molecule has 0 aliphatic carbocycles. The van der Waals surface area contributed by atoms with E-state index in [1.165, 1.54) is 57.8 Å². The van der Waals surface area contributed by atoms with Crippen molar-refractivity contribution in [2.75, 3.05) is 6.61 Å². The largest absolute Gasteiger partial charge is 0.466 e. The quantitative estimate of drug-likeness (QED) is 0.0846. The van der Waals surface area contributed by atoms with Crippen LogP contribution >= 0.6 is 0 Å². The lowest BCUT2D eigenvalue weighted by molar-refractivity contribution is -0.144. The van der Waals surface area contributed by atoms with E-state index >= 15 is 0 Å². The monoisotopic (exact) mass is 558 g/mol. The predicted molar refractivity (Wildman–Crippen MR) is 166 cm³/mol. The molecule has 6 heteroatoms. The van der Waals surface area contributed by atoms with Gasteiger partial charge < -0.3 is 13.6 Å². The molecule has 4 nitrogen and oxygen atoms in total. The second-order valence-corrected chi connectivity index (χ2v) is 23.7. The molecule has 222 valence electrons. The van der Waals surface area contributed by atoms with Crippen LogP contribution in [-0.2, 0) is 18.4 Å². The van der Waals surface area contributed by atoms with Crippen molar-refractivity contribution < 1.29 is 18.4 Å². The van der Waals surface area contributed by atoms with E-state index in [2.05, 4.69) is 74.7 Å². The van der Waals surface area contributed by atoms with Crippen molar-refractivity contribution in [1.29, 1.82) is 0 Å². The molecule has 0 aromatic rings. The van der Waals surface area contributed by atoms with E-state index < -0.39 is 16.6 Å². The lowest BCUT2D eigenvalue weighted by Crippen LogP contribution is -2.52. The van der Waals surface area contributed by atoms with Crippen LogP contribution in [0.15, 0.2) is 0 Å². The first-order valence-corrected chi connectivity index (χ1v) is 21.3. The fraction of sp³-hybridized carbons (Fsp3) is 0.968. The minimum absolute atomic E-state index is 0.0264. The Morgan fingerprint density at radius 3 is 1.38 bits per heavy atom. The summed E-state index contributed by atoms with van der Waals surface area (Å²) >= 11 is 0. The second-order valence-electron chi connectivity index (χ2n) is 14.1. The van der Waals surface area contributed by atoms with E-state index in [1.54, 1.807) is 0 Å². The van der Waals surface area contributed by atoms with Crippen LogP contribution in [0.25, 0.3) is 0 Å². The molecule has 0 fully saturated rings. The van der Waals surface area contributed by atoms with Crippen LogP contribution in [0.1, 0.15) is 139 Å². The zero-order chi connectivity index (χ0) is 28.8. The molecule has 0 amide bonds. The molecular weight excluding hydrogens is 493 g/mol. The number of hydrogen-bond donors (Lipinski definition) is 0. The Hall–Kier alpha value is -0.176. The molecule has 0 rings (SSSR count). The van der Waals surface area contributed by atoms with Gasteiger partial charge in [-0.15, -0.1) is 0 Å². The van der Waals surface area contributed by atoms with Crippen molar-refractivity contribution in [2.45, 2.75) is 187 Å². The van der Waals surface area contributed by atoms with Crippen LogP contribution in [0.3, 0.4) is 0 Å². The van der Waals surface area contributed by atoms with Crippen LogP contribution in [0.5, 0.6) is 0 Å². The van der Waals surface area contributed by atoms with E-state index in [1.807, 2.05) is 6.92 Å². The van der Waals surface area contributed by atoms with Crippen molar-refractivity contribution in [2.24, 2.45) is 0 Å². The predicted octanol–water partition coefficient (Wildman–Crippen LogP) is 10.4. The number of carbonyl (C=O) groups excluding carboxylic acids is 1. The van der Waals surface area contributed by atoms with Crippen molar-refractivity contribution >= 4 is 22.6 Å². The zero-order valence-corrected chi connectivity index (χ0v) is 29.2. The smallest absolute Gasteiger partial charge is 0.305 e. The Morgan fingerprint density at radius 1 is 0.622 bits per heavy atom. The summed E-state index contributed by atoms with van der Waals surface area (Å²) in [6, 6.07) is 0. The number of rotatable bonds is 20. The van der Waals surface area contributed by atoms with Crippen LogP contribution in [0.2, 0.25) is 36.3 Å². The van der Waals surface area contributed by atoms with Gasteiger partial charge in [0, 0.05) is 6.42 Å². The van der Waals surface area contributed by atoms with E-state index in [0.29, 0.717) is 19.4 Å². The third kappa shape index (κ3) is 15.3. The summed E-state index contributed by atoms with van der Waals surface area (Å²) in [5.41, 5.74) is 0. The van der Waals surface area contributed by atoms with Gasteiger partial charge in [0.25, 0.3) is 0 Å². The zero-order valence-electron chi connectivity index (χ0n) is 27.2.